The smallest absolute Gasteiger partial charge is 0.285 e. The molecule has 25 heavy (non-hydrogen) atoms. The van der Waals surface area contributed by atoms with E-state index in [1.54, 1.807) is 0 Å². The summed E-state index contributed by atoms with van der Waals surface area (Å²) < 4.78 is 2.08. The molecular formula is C22H20N3+. The fourth-order valence-corrected chi connectivity index (χ4v) is 3.85. The van der Waals surface area contributed by atoms with Crippen LogP contribution in [0.5, 0.6) is 0 Å². The average molecular weight is 326 g/mol. The summed E-state index contributed by atoms with van der Waals surface area (Å²) in [5, 5.41) is 9.89. The molecule has 0 spiro atoms. The first-order chi connectivity index (χ1) is 12.3. The highest BCUT2D eigenvalue weighted by Crippen LogP contribution is 2.35. The maximum atomic E-state index is 9.89. The van der Waals surface area contributed by atoms with Crippen LogP contribution >= 0.6 is 0 Å². The number of rotatable bonds is 2. The summed E-state index contributed by atoms with van der Waals surface area (Å²) in [5.74, 6) is 0.535. The molecule has 122 valence electrons. The van der Waals surface area contributed by atoms with Crippen molar-refractivity contribution >= 4 is 5.82 Å². The van der Waals surface area contributed by atoms with Crippen LogP contribution in [0.4, 0.5) is 5.82 Å². The van der Waals surface area contributed by atoms with E-state index in [1.807, 2.05) is 36.4 Å². The summed E-state index contributed by atoms with van der Waals surface area (Å²) in [5.41, 5.74) is 12.7. The Kier molecular flexibility index (Phi) is 3.95. The largest absolute Gasteiger partial charge is 0.296 e. The molecule has 2 N–H and O–H groups in total. The van der Waals surface area contributed by atoms with E-state index in [1.165, 1.54) is 11.3 Å². The van der Waals surface area contributed by atoms with Gasteiger partial charge in [-0.25, -0.2) is 0 Å². The van der Waals surface area contributed by atoms with Gasteiger partial charge in [-0.15, -0.1) is 0 Å². The molecule has 3 heteroatoms. The number of hydrogen-bond acceptors (Lipinski definition) is 2. The number of anilines is 1. The van der Waals surface area contributed by atoms with Gasteiger partial charge in [0.15, 0.2) is 0 Å². The summed E-state index contributed by atoms with van der Waals surface area (Å²) in [6, 6.07) is 22.6. The SMILES string of the molecule is N#Cc1c(-c2ccccc2)c2c([n+](-c3ccccc3)c1N)CCCC2. The van der Waals surface area contributed by atoms with Crippen LogP contribution in [0.25, 0.3) is 16.8 Å². The van der Waals surface area contributed by atoms with E-state index < -0.39 is 0 Å². The van der Waals surface area contributed by atoms with Gasteiger partial charge in [0.1, 0.15) is 23.0 Å². The Labute approximate surface area is 148 Å². The van der Waals surface area contributed by atoms with Gasteiger partial charge < -0.3 is 0 Å². The summed E-state index contributed by atoms with van der Waals surface area (Å²) in [6.07, 6.45) is 4.27. The fourth-order valence-electron chi connectivity index (χ4n) is 3.85. The summed E-state index contributed by atoms with van der Waals surface area (Å²) in [4.78, 5) is 0. The van der Waals surface area contributed by atoms with Crippen LogP contribution in [-0.2, 0) is 12.8 Å². The Hall–Kier alpha value is -3.12. The number of nitriles is 1. The highest BCUT2D eigenvalue weighted by molar-refractivity contribution is 5.78. The van der Waals surface area contributed by atoms with Crippen LogP contribution in [0.1, 0.15) is 29.7 Å². The van der Waals surface area contributed by atoms with E-state index in [9.17, 15) is 5.26 Å². The molecular weight excluding hydrogens is 306 g/mol. The van der Waals surface area contributed by atoms with Gasteiger partial charge in [0.05, 0.1) is 0 Å². The van der Waals surface area contributed by atoms with Crippen LogP contribution in [0.3, 0.4) is 0 Å². The van der Waals surface area contributed by atoms with Crippen LogP contribution in [0, 0.1) is 11.3 Å². The molecule has 0 fully saturated rings. The second-order valence-electron chi connectivity index (χ2n) is 6.42. The van der Waals surface area contributed by atoms with Crippen LogP contribution in [0.2, 0.25) is 0 Å². The Bertz CT molecular complexity index is 954. The molecule has 0 aliphatic heterocycles. The van der Waals surface area contributed by atoms with Crippen molar-refractivity contribution in [1.82, 2.24) is 0 Å². The highest BCUT2D eigenvalue weighted by Gasteiger charge is 2.29. The molecule has 0 saturated carbocycles. The molecule has 0 bridgehead atoms. The number of benzene rings is 2. The van der Waals surface area contributed by atoms with E-state index in [4.69, 9.17) is 5.73 Å². The number of aromatic nitrogens is 1. The third kappa shape index (κ3) is 2.56. The first-order valence-electron chi connectivity index (χ1n) is 8.71. The Balaban J connectivity index is 2.09. The normalized spacial score (nSPS) is 13.1. The molecule has 0 atom stereocenters. The minimum Gasteiger partial charge on any atom is -0.285 e. The number of fused-ring (bicyclic) bond motifs is 1. The van der Waals surface area contributed by atoms with Gasteiger partial charge in [-0.05, 0) is 37.0 Å². The molecule has 0 unspecified atom stereocenters. The van der Waals surface area contributed by atoms with E-state index in [-0.39, 0.29) is 0 Å². The predicted molar refractivity (Wildman–Crippen MR) is 99.2 cm³/mol. The Morgan fingerprint density at radius 1 is 0.880 bits per heavy atom. The third-order valence-corrected chi connectivity index (χ3v) is 4.95. The second kappa shape index (κ2) is 6.41. The standard InChI is InChI=1S/C22H19N3/c23-15-19-21(16-9-3-1-4-10-16)18-13-7-8-14-20(18)25(22(19)24)17-11-5-2-6-12-17/h1-6,9-12,24H,7-8,13-14H2/p+1. The summed E-state index contributed by atoms with van der Waals surface area (Å²) >= 11 is 0. The van der Waals surface area contributed by atoms with Gasteiger partial charge in [0.2, 0.25) is 0 Å². The van der Waals surface area contributed by atoms with Crippen molar-refractivity contribution in [3.63, 3.8) is 0 Å². The van der Waals surface area contributed by atoms with Crippen molar-refractivity contribution in [2.24, 2.45) is 0 Å². The van der Waals surface area contributed by atoms with Gasteiger partial charge in [0, 0.05) is 17.5 Å². The molecule has 4 rings (SSSR count). The zero-order valence-electron chi connectivity index (χ0n) is 14.1. The quantitative estimate of drug-likeness (QED) is 0.725. The van der Waals surface area contributed by atoms with Crippen LogP contribution in [-0.4, -0.2) is 0 Å². The molecule has 1 aromatic heterocycles. The van der Waals surface area contributed by atoms with E-state index >= 15 is 0 Å². The third-order valence-electron chi connectivity index (χ3n) is 4.95. The molecule has 3 aromatic rings. The zero-order chi connectivity index (χ0) is 17.2. The second-order valence-corrected chi connectivity index (χ2v) is 6.42. The minimum absolute atomic E-state index is 0.535. The lowest BCUT2D eigenvalue weighted by Gasteiger charge is -2.23. The van der Waals surface area contributed by atoms with Crippen molar-refractivity contribution in [3.05, 3.63) is 77.5 Å². The Morgan fingerprint density at radius 3 is 2.20 bits per heavy atom. The lowest BCUT2D eigenvalue weighted by atomic mass is 9.86. The van der Waals surface area contributed by atoms with Crippen molar-refractivity contribution in [2.75, 3.05) is 5.73 Å². The van der Waals surface area contributed by atoms with Crippen LogP contribution in [0.15, 0.2) is 60.7 Å². The number of nitrogens with two attached hydrogens (primary N) is 1. The lowest BCUT2D eigenvalue weighted by molar-refractivity contribution is -0.590. The molecule has 2 aromatic carbocycles. The summed E-state index contributed by atoms with van der Waals surface area (Å²) in [7, 11) is 0. The number of hydrogen-bond donors (Lipinski definition) is 1. The lowest BCUT2D eigenvalue weighted by Crippen LogP contribution is -2.42. The molecule has 1 heterocycles. The van der Waals surface area contributed by atoms with Gasteiger partial charge in [-0.3, -0.25) is 5.73 Å². The molecule has 0 radical (unpaired) electrons. The molecule has 0 saturated heterocycles. The monoisotopic (exact) mass is 326 g/mol. The molecule has 1 aliphatic carbocycles. The summed E-state index contributed by atoms with van der Waals surface area (Å²) in [6.45, 7) is 0. The minimum atomic E-state index is 0.535. The van der Waals surface area contributed by atoms with E-state index in [0.717, 1.165) is 42.5 Å². The molecule has 3 nitrogen and oxygen atoms in total. The van der Waals surface area contributed by atoms with Crippen LogP contribution < -0.4 is 10.3 Å². The van der Waals surface area contributed by atoms with Gasteiger partial charge >= 0.3 is 0 Å². The van der Waals surface area contributed by atoms with Gasteiger partial charge in [-0.1, -0.05) is 48.5 Å². The highest BCUT2D eigenvalue weighted by atomic mass is 15.1. The number of nitrogens with zero attached hydrogens (tertiary/aromatic N) is 2. The van der Waals surface area contributed by atoms with Crippen molar-refractivity contribution in [1.29, 1.82) is 5.26 Å². The number of para-hydroxylation sites is 1. The topological polar surface area (TPSA) is 53.7 Å². The van der Waals surface area contributed by atoms with E-state index in [2.05, 4.69) is 34.9 Å². The number of pyridine rings is 1. The van der Waals surface area contributed by atoms with Crippen molar-refractivity contribution in [3.8, 4) is 22.9 Å². The maximum absolute atomic E-state index is 9.89. The average Bonchev–Trinajstić information content (AvgIpc) is 2.68. The maximum Gasteiger partial charge on any atom is 0.296 e. The van der Waals surface area contributed by atoms with E-state index in [0.29, 0.717) is 11.4 Å². The first kappa shape index (κ1) is 15.4. The molecule has 1 aliphatic rings. The molecule has 0 amide bonds. The first-order valence-corrected chi connectivity index (χ1v) is 8.71. The zero-order valence-corrected chi connectivity index (χ0v) is 14.1. The Morgan fingerprint density at radius 2 is 1.52 bits per heavy atom. The van der Waals surface area contributed by atoms with Gasteiger partial charge in [-0.2, -0.15) is 9.83 Å². The van der Waals surface area contributed by atoms with Crippen molar-refractivity contribution in [2.45, 2.75) is 25.7 Å². The number of nitrogen functional groups attached to an aromatic ring is 1. The van der Waals surface area contributed by atoms with Crippen molar-refractivity contribution < 1.29 is 4.57 Å². The van der Waals surface area contributed by atoms with Gasteiger partial charge in [0.25, 0.3) is 5.82 Å². The predicted octanol–water partition coefficient (Wildman–Crippen LogP) is 3.96. The fraction of sp³-hybridized carbons (Fsp3) is 0.182.